The van der Waals surface area contributed by atoms with Gasteiger partial charge in [-0.25, -0.2) is 4.98 Å². The van der Waals surface area contributed by atoms with Gasteiger partial charge in [-0.1, -0.05) is 0 Å². The Labute approximate surface area is 115 Å². The lowest BCUT2D eigenvalue weighted by Gasteiger charge is -2.29. The van der Waals surface area contributed by atoms with Crippen LogP contribution >= 0.6 is 0 Å². The summed E-state index contributed by atoms with van der Waals surface area (Å²) >= 11 is 0. The van der Waals surface area contributed by atoms with E-state index < -0.39 is 0 Å². The number of nitriles is 1. The van der Waals surface area contributed by atoms with Gasteiger partial charge < -0.3 is 4.74 Å². The number of pyridine rings is 1. The molecule has 1 atom stereocenters. The molecular weight excluding hydrogens is 238 g/mol. The van der Waals surface area contributed by atoms with Crippen LogP contribution in [0.5, 0.6) is 0 Å². The first-order chi connectivity index (χ1) is 9.24. The molecule has 0 N–H and O–H groups in total. The van der Waals surface area contributed by atoms with Crippen LogP contribution < -0.4 is 0 Å². The second-order valence-corrected chi connectivity index (χ2v) is 5.20. The van der Waals surface area contributed by atoms with Gasteiger partial charge in [-0.2, -0.15) is 5.26 Å². The molecule has 1 fully saturated rings. The molecule has 1 unspecified atom stereocenters. The van der Waals surface area contributed by atoms with Crippen molar-refractivity contribution in [2.75, 3.05) is 20.3 Å². The van der Waals surface area contributed by atoms with Crippen LogP contribution in [0.1, 0.15) is 31.0 Å². The molecule has 1 heterocycles. The van der Waals surface area contributed by atoms with E-state index in [2.05, 4.69) is 22.9 Å². The van der Waals surface area contributed by atoms with E-state index in [1.165, 1.54) is 12.8 Å². The van der Waals surface area contributed by atoms with Crippen molar-refractivity contribution in [3.8, 4) is 6.07 Å². The van der Waals surface area contributed by atoms with Gasteiger partial charge in [0.05, 0.1) is 6.61 Å². The van der Waals surface area contributed by atoms with Crippen LogP contribution in [-0.4, -0.2) is 36.2 Å². The molecule has 0 aromatic carbocycles. The number of hydrogen-bond donors (Lipinski definition) is 0. The lowest BCUT2D eigenvalue weighted by Crippen LogP contribution is -2.36. The first-order valence-corrected chi connectivity index (χ1v) is 6.82. The van der Waals surface area contributed by atoms with E-state index in [0.717, 1.165) is 31.2 Å². The van der Waals surface area contributed by atoms with E-state index in [4.69, 9.17) is 10.00 Å². The molecule has 19 heavy (non-hydrogen) atoms. The molecule has 1 aromatic rings. The van der Waals surface area contributed by atoms with Crippen LogP contribution in [0.25, 0.3) is 0 Å². The predicted molar refractivity (Wildman–Crippen MR) is 73.4 cm³/mol. The molecule has 0 bridgehead atoms. The highest BCUT2D eigenvalue weighted by molar-refractivity contribution is 5.25. The standard InChI is InChI=1S/C15H21N3O/c1-12(14-3-4-14)18(7-8-19-2)11-13-5-6-17-15(9-13)10-16/h5-6,9,12,14H,3-4,7-8,11H2,1-2H3. The second-order valence-electron chi connectivity index (χ2n) is 5.20. The molecular formula is C15H21N3O. The zero-order valence-electron chi connectivity index (χ0n) is 11.7. The smallest absolute Gasteiger partial charge is 0.140 e. The van der Waals surface area contributed by atoms with Gasteiger partial charge in [0.15, 0.2) is 0 Å². The summed E-state index contributed by atoms with van der Waals surface area (Å²) in [6, 6.07) is 6.53. The van der Waals surface area contributed by atoms with Crippen molar-refractivity contribution in [2.45, 2.75) is 32.4 Å². The summed E-state index contributed by atoms with van der Waals surface area (Å²) in [5, 5.41) is 8.90. The molecule has 0 amide bonds. The third-order valence-electron chi connectivity index (χ3n) is 3.79. The van der Waals surface area contributed by atoms with Crippen molar-refractivity contribution in [1.29, 1.82) is 5.26 Å². The van der Waals surface area contributed by atoms with Gasteiger partial charge >= 0.3 is 0 Å². The van der Waals surface area contributed by atoms with Gasteiger partial charge in [-0.05, 0) is 43.4 Å². The number of rotatable bonds is 7. The van der Waals surface area contributed by atoms with E-state index in [0.29, 0.717) is 11.7 Å². The Hall–Kier alpha value is -1.44. The Bertz CT molecular complexity index is 451. The van der Waals surface area contributed by atoms with Crippen molar-refractivity contribution in [2.24, 2.45) is 5.92 Å². The number of ether oxygens (including phenoxy) is 1. The SMILES string of the molecule is COCCN(Cc1ccnc(C#N)c1)C(C)C1CC1. The predicted octanol–water partition coefficient (Wildman–Crippen LogP) is 2.20. The van der Waals surface area contributed by atoms with Crippen LogP contribution in [-0.2, 0) is 11.3 Å². The maximum absolute atomic E-state index is 8.90. The van der Waals surface area contributed by atoms with Gasteiger partial charge in [0.1, 0.15) is 11.8 Å². The minimum atomic E-state index is 0.489. The van der Waals surface area contributed by atoms with Gasteiger partial charge in [0, 0.05) is 32.4 Å². The lowest BCUT2D eigenvalue weighted by molar-refractivity contribution is 0.111. The van der Waals surface area contributed by atoms with E-state index in [1.54, 1.807) is 13.3 Å². The minimum Gasteiger partial charge on any atom is -0.383 e. The fourth-order valence-electron chi connectivity index (χ4n) is 2.38. The number of methoxy groups -OCH3 is 1. The molecule has 0 spiro atoms. The van der Waals surface area contributed by atoms with Crippen molar-refractivity contribution in [3.05, 3.63) is 29.6 Å². The van der Waals surface area contributed by atoms with Crippen molar-refractivity contribution >= 4 is 0 Å². The lowest BCUT2D eigenvalue weighted by atomic mass is 10.1. The molecule has 1 aliphatic carbocycles. The van der Waals surface area contributed by atoms with Crippen LogP contribution in [0, 0.1) is 17.2 Å². The maximum Gasteiger partial charge on any atom is 0.140 e. The molecule has 2 rings (SSSR count). The highest BCUT2D eigenvalue weighted by Gasteiger charge is 2.31. The summed E-state index contributed by atoms with van der Waals surface area (Å²) in [7, 11) is 1.74. The van der Waals surface area contributed by atoms with Crippen LogP contribution in [0.2, 0.25) is 0 Å². The summed E-state index contributed by atoms with van der Waals surface area (Å²) in [4.78, 5) is 6.46. The largest absolute Gasteiger partial charge is 0.383 e. The highest BCUT2D eigenvalue weighted by Crippen LogP contribution is 2.35. The third kappa shape index (κ3) is 4.02. The Morgan fingerprint density at radius 3 is 3.00 bits per heavy atom. The Morgan fingerprint density at radius 2 is 2.37 bits per heavy atom. The van der Waals surface area contributed by atoms with Crippen LogP contribution in [0.3, 0.4) is 0 Å². The highest BCUT2D eigenvalue weighted by atomic mass is 16.5. The molecule has 0 radical (unpaired) electrons. The molecule has 1 aliphatic rings. The first-order valence-electron chi connectivity index (χ1n) is 6.82. The Balaban J connectivity index is 2.03. The van der Waals surface area contributed by atoms with E-state index in [-0.39, 0.29) is 0 Å². The summed E-state index contributed by atoms with van der Waals surface area (Å²) < 4.78 is 5.20. The molecule has 4 heteroatoms. The van der Waals surface area contributed by atoms with Crippen molar-refractivity contribution in [1.82, 2.24) is 9.88 Å². The van der Waals surface area contributed by atoms with E-state index in [1.807, 2.05) is 12.1 Å². The van der Waals surface area contributed by atoms with Crippen molar-refractivity contribution < 1.29 is 4.74 Å². The number of nitrogens with zero attached hydrogens (tertiary/aromatic N) is 3. The van der Waals surface area contributed by atoms with Gasteiger partial charge in [-0.15, -0.1) is 0 Å². The summed E-state index contributed by atoms with van der Waals surface area (Å²) in [6.07, 6.45) is 4.39. The second kappa shape index (κ2) is 6.65. The molecule has 4 nitrogen and oxygen atoms in total. The summed E-state index contributed by atoms with van der Waals surface area (Å²) in [6.45, 7) is 4.82. The van der Waals surface area contributed by atoms with Crippen LogP contribution in [0.15, 0.2) is 18.3 Å². The summed E-state index contributed by atoms with van der Waals surface area (Å²) in [5.41, 5.74) is 1.64. The summed E-state index contributed by atoms with van der Waals surface area (Å²) in [5.74, 6) is 0.828. The van der Waals surface area contributed by atoms with Gasteiger partial charge in [0.25, 0.3) is 0 Å². The van der Waals surface area contributed by atoms with Crippen molar-refractivity contribution in [3.63, 3.8) is 0 Å². The number of aromatic nitrogens is 1. The molecule has 1 aromatic heterocycles. The fourth-order valence-corrected chi connectivity index (χ4v) is 2.38. The number of hydrogen-bond acceptors (Lipinski definition) is 4. The fraction of sp³-hybridized carbons (Fsp3) is 0.600. The quantitative estimate of drug-likeness (QED) is 0.753. The zero-order valence-corrected chi connectivity index (χ0v) is 11.7. The average Bonchev–Trinajstić information content (AvgIpc) is 3.27. The average molecular weight is 259 g/mol. The van der Waals surface area contributed by atoms with Gasteiger partial charge in [-0.3, -0.25) is 4.90 Å². The Morgan fingerprint density at radius 1 is 1.58 bits per heavy atom. The molecule has 0 saturated heterocycles. The van der Waals surface area contributed by atoms with Gasteiger partial charge in [0.2, 0.25) is 0 Å². The van der Waals surface area contributed by atoms with E-state index in [9.17, 15) is 0 Å². The van der Waals surface area contributed by atoms with E-state index >= 15 is 0 Å². The molecule has 1 saturated carbocycles. The maximum atomic E-state index is 8.90. The topological polar surface area (TPSA) is 49.1 Å². The molecule has 0 aliphatic heterocycles. The first kappa shape index (κ1) is 14.0. The third-order valence-corrected chi connectivity index (χ3v) is 3.79. The monoisotopic (exact) mass is 259 g/mol. The van der Waals surface area contributed by atoms with Crippen LogP contribution in [0.4, 0.5) is 0 Å². The Kier molecular flexibility index (Phi) is 4.89. The zero-order chi connectivity index (χ0) is 13.7. The normalized spacial score (nSPS) is 16.3. The molecule has 102 valence electrons. The minimum absolute atomic E-state index is 0.489.